The molecule has 6 N–H and O–H groups in total. The SMILES string of the molecule is C.CCCCO.CP(C)(=O)c1ccccc1Nc1ccnc(Cl)n1.CP(C)(=O)c1ccccc1Nc1ccnc(Nc2ccc(F)c([N+](=O)[O-])c2)n1.Nc1ccc(F)c([N+](=O)[O-])c1. The van der Waals surface area contributed by atoms with Crippen molar-refractivity contribution in [3.63, 3.8) is 0 Å². The highest BCUT2D eigenvalue weighted by atomic mass is 35.5. The highest BCUT2D eigenvalue weighted by Gasteiger charge is 2.18. The molecule has 0 amide bonds. The van der Waals surface area contributed by atoms with Crippen molar-refractivity contribution in [2.75, 3.05) is 55.0 Å². The Morgan fingerprint density at radius 2 is 1.19 bits per heavy atom. The third-order valence-electron chi connectivity index (χ3n) is 7.85. The average molecular weight is 929 g/mol. The molecule has 0 saturated heterocycles. The lowest BCUT2D eigenvalue weighted by atomic mass is 10.2. The van der Waals surface area contributed by atoms with Gasteiger partial charge in [0.05, 0.1) is 21.2 Å². The number of para-hydroxylation sites is 2. The van der Waals surface area contributed by atoms with Crippen LogP contribution in [0.3, 0.4) is 0 Å². The number of aliphatic hydroxyl groups excluding tert-OH is 1. The van der Waals surface area contributed by atoms with Crippen LogP contribution in [0.1, 0.15) is 27.2 Å². The van der Waals surface area contributed by atoms with E-state index in [0.717, 1.165) is 48.1 Å². The quantitative estimate of drug-likeness (QED) is 0.0252. The van der Waals surface area contributed by atoms with Crippen LogP contribution >= 0.6 is 25.9 Å². The van der Waals surface area contributed by atoms with Crippen LogP contribution in [0.2, 0.25) is 5.28 Å². The molecule has 6 aromatic rings. The zero-order valence-corrected chi connectivity index (χ0v) is 36.7. The Balaban J connectivity index is 0.000000333. The summed E-state index contributed by atoms with van der Waals surface area (Å²) in [5, 5.41) is 39.7. The first kappa shape index (κ1) is 52.7. The van der Waals surface area contributed by atoms with Crippen molar-refractivity contribution in [3.05, 3.63) is 147 Å². The number of nitrogens with zero attached hydrogens (tertiary/aromatic N) is 6. The van der Waals surface area contributed by atoms with E-state index in [4.69, 9.17) is 22.4 Å². The second kappa shape index (κ2) is 24.9. The van der Waals surface area contributed by atoms with E-state index in [0.29, 0.717) is 29.2 Å². The van der Waals surface area contributed by atoms with Crippen molar-refractivity contribution >= 4 is 88.2 Å². The number of nitro benzene ring substituents is 2. The van der Waals surface area contributed by atoms with Gasteiger partial charge in [-0.3, -0.25) is 20.2 Å². The van der Waals surface area contributed by atoms with Crippen LogP contribution in [0.15, 0.2) is 109 Å². The number of nitrogens with two attached hydrogens (primary N) is 1. The minimum atomic E-state index is -2.50. The predicted molar refractivity (Wildman–Crippen MR) is 249 cm³/mol. The lowest BCUT2D eigenvalue weighted by Crippen LogP contribution is -2.10. The average Bonchev–Trinajstić information content (AvgIpc) is 3.20. The van der Waals surface area contributed by atoms with Gasteiger partial charge >= 0.3 is 11.4 Å². The Kier molecular flexibility index (Phi) is 20.8. The molecule has 2 heterocycles. The zero-order chi connectivity index (χ0) is 46.0. The molecule has 0 saturated carbocycles. The van der Waals surface area contributed by atoms with E-state index in [-0.39, 0.29) is 30.0 Å². The maximum absolute atomic E-state index is 13.5. The maximum Gasteiger partial charge on any atom is 0.306 e. The molecule has 2 aromatic heterocycles. The summed E-state index contributed by atoms with van der Waals surface area (Å²) in [6.45, 7) is 9.23. The molecule has 6 rings (SSSR count). The fourth-order valence-electron chi connectivity index (χ4n) is 4.95. The largest absolute Gasteiger partial charge is 0.399 e. The van der Waals surface area contributed by atoms with Gasteiger partial charge in [-0.15, -0.1) is 0 Å². The summed E-state index contributed by atoms with van der Waals surface area (Å²) in [6, 6.07) is 24.7. The molecule has 0 spiro atoms. The van der Waals surface area contributed by atoms with Crippen molar-refractivity contribution in [2.45, 2.75) is 27.2 Å². The van der Waals surface area contributed by atoms with E-state index in [1.807, 2.05) is 36.4 Å². The van der Waals surface area contributed by atoms with E-state index in [9.17, 15) is 38.1 Å². The molecule has 0 unspecified atom stereocenters. The number of nitro groups is 2. The van der Waals surface area contributed by atoms with Crippen molar-refractivity contribution in [1.29, 1.82) is 0 Å². The molecule has 336 valence electrons. The summed E-state index contributed by atoms with van der Waals surface area (Å²) in [5.74, 6) is -0.610. The first-order valence-electron chi connectivity index (χ1n) is 18.4. The number of benzene rings is 4. The molecular weight excluding hydrogens is 880 g/mol. The van der Waals surface area contributed by atoms with Crippen LogP contribution < -0.4 is 32.3 Å². The highest BCUT2D eigenvalue weighted by molar-refractivity contribution is 7.70. The molecular formula is C41H49ClF2N10O7P2. The van der Waals surface area contributed by atoms with E-state index < -0.39 is 47.1 Å². The van der Waals surface area contributed by atoms with Crippen LogP contribution in [0.4, 0.5) is 60.5 Å². The van der Waals surface area contributed by atoms with Gasteiger partial charge in [-0.25, -0.2) is 15.0 Å². The normalized spacial score (nSPS) is 10.5. The van der Waals surface area contributed by atoms with Crippen LogP contribution in [0.25, 0.3) is 0 Å². The van der Waals surface area contributed by atoms with Gasteiger partial charge in [-0.1, -0.05) is 45.0 Å². The number of nitrogens with one attached hydrogen (secondary N) is 3. The molecule has 0 aliphatic heterocycles. The number of anilines is 7. The van der Waals surface area contributed by atoms with Gasteiger partial charge < -0.3 is 35.9 Å². The Hall–Kier alpha value is -6.39. The predicted octanol–water partition coefficient (Wildman–Crippen LogP) is 10.1. The zero-order valence-electron chi connectivity index (χ0n) is 34.2. The van der Waals surface area contributed by atoms with Gasteiger partial charge in [-0.05, 0) is 105 Å². The fourth-order valence-corrected chi connectivity index (χ4v) is 7.41. The minimum absolute atomic E-state index is 0. The topological polar surface area (TPSA) is 254 Å². The fraction of sp³-hybridized carbons (Fsp3) is 0.220. The summed E-state index contributed by atoms with van der Waals surface area (Å²) >= 11 is 5.72. The summed E-state index contributed by atoms with van der Waals surface area (Å²) in [7, 11) is -4.84. The van der Waals surface area contributed by atoms with E-state index >= 15 is 0 Å². The third kappa shape index (κ3) is 17.5. The molecule has 4 aromatic carbocycles. The Labute approximate surface area is 368 Å². The van der Waals surface area contributed by atoms with Crippen molar-refractivity contribution < 1.29 is 32.9 Å². The maximum atomic E-state index is 13.5. The third-order valence-corrected chi connectivity index (χ3v) is 11.1. The van der Waals surface area contributed by atoms with Crippen LogP contribution in [-0.4, -0.2) is 68.2 Å². The summed E-state index contributed by atoms with van der Waals surface area (Å²) in [4.78, 5) is 35.6. The van der Waals surface area contributed by atoms with Gasteiger partial charge in [0.15, 0.2) is 0 Å². The lowest BCUT2D eigenvalue weighted by molar-refractivity contribution is -0.387. The number of hydrogen-bond donors (Lipinski definition) is 5. The number of aromatic nitrogens is 4. The number of halogens is 3. The van der Waals surface area contributed by atoms with Crippen molar-refractivity contribution in [3.8, 4) is 0 Å². The second-order valence-corrected chi connectivity index (χ2v) is 20.3. The summed E-state index contributed by atoms with van der Waals surface area (Å²) in [5.41, 5.74) is 5.86. The molecule has 0 aliphatic carbocycles. The van der Waals surface area contributed by atoms with E-state index in [1.165, 1.54) is 18.3 Å². The second-order valence-electron chi connectivity index (χ2n) is 13.6. The Bertz CT molecular complexity index is 2560. The molecule has 0 radical (unpaired) electrons. The molecule has 0 bridgehead atoms. The monoisotopic (exact) mass is 928 g/mol. The minimum Gasteiger partial charge on any atom is -0.399 e. The first-order valence-corrected chi connectivity index (χ1v) is 24.0. The molecule has 22 heteroatoms. The van der Waals surface area contributed by atoms with Crippen molar-refractivity contribution in [1.82, 2.24) is 19.9 Å². The lowest BCUT2D eigenvalue weighted by Gasteiger charge is -2.15. The number of nitrogen functional groups attached to an aromatic ring is 1. The van der Waals surface area contributed by atoms with Gasteiger partial charge in [0, 0.05) is 53.1 Å². The van der Waals surface area contributed by atoms with Gasteiger partial charge in [0.2, 0.25) is 22.9 Å². The molecule has 0 fully saturated rings. The number of rotatable bonds is 12. The number of unbranched alkanes of at least 4 members (excludes halogenated alkanes) is 1. The smallest absolute Gasteiger partial charge is 0.306 e. The van der Waals surface area contributed by atoms with Gasteiger partial charge in [0.25, 0.3) is 0 Å². The van der Waals surface area contributed by atoms with Crippen LogP contribution in [0, 0.1) is 31.9 Å². The number of hydrogen-bond acceptors (Lipinski definition) is 15. The van der Waals surface area contributed by atoms with E-state index in [1.54, 1.807) is 57.1 Å². The van der Waals surface area contributed by atoms with Crippen molar-refractivity contribution in [2.24, 2.45) is 0 Å². The molecule has 0 atom stereocenters. The first-order chi connectivity index (χ1) is 29.2. The molecule has 63 heavy (non-hydrogen) atoms. The standard InChI is InChI=1S/C18H17FN5O3P.C12H13ClN3OP.C6H5FN2O2.C4H10O.CH4/c1-28(2,27)16-6-4-3-5-14(16)22-17-9-10-20-18(23-17)21-12-7-8-13(19)15(11-12)24(25)26;1-18(2,17)10-6-4-3-5-9(10)15-11-7-8-14-12(13)16-11;7-5-2-1-4(8)3-6(5)9(10)11;1-2-3-4-5;/h3-11H,1-2H3,(H2,20,21,22,23);3-8H,1-2H3,(H,14,15,16);1-3H,8H2;5H,2-4H2,1H3;1H4. The van der Waals surface area contributed by atoms with Gasteiger partial charge in [-0.2, -0.15) is 13.8 Å². The highest BCUT2D eigenvalue weighted by Crippen LogP contribution is 2.39. The Morgan fingerprint density at radius 1 is 0.714 bits per heavy atom. The summed E-state index contributed by atoms with van der Waals surface area (Å²) in [6.07, 6.45) is 5.10. The number of aliphatic hydroxyl groups is 1. The summed E-state index contributed by atoms with van der Waals surface area (Å²) < 4.78 is 50.7. The molecule has 17 nitrogen and oxygen atoms in total. The Morgan fingerprint density at radius 3 is 1.63 bits per heavy atom. The van der Waals surface area contributed by atoms with E-state index in [2.05, 4.69) is 42.8 Å². The van der Waals surface area contributed by atoms with Gasteiger partial charge in [0.1, 0.15) is 25.9 Å². The van der Waals surface area contributed by atoms with Crippen LogP contribution in [-0.2, 0) is 9.13 Å². The van der Waals surface area contributed by atoms with Crippen LogP contribution in [0.5, 0.6) is 0 Å². The molecule has 0 aliphatic rings.